The molecule has 0 spiro atoms. The van der Waals surface area contributed by atoms with Gasteiger partial charge >= 0.3 is 0 Å². The Balaban J connectivity index is 1.77. The van der Waals surface area contributed by atoms with Crippen LogP contribution in [-0.2, 0) is 10.0 Å². The fourth-order valence-electron chi connectivity index (χ4n) is 3.81. The van der Waals surface area contributed by atoms with Crippen LogP contribution in [0.3, 0.4) is 0 Å². The molecule has 10 nitrogen and oxygen atoms in total. The van der Waals surface area contributed by atoms with Crippen LogP contribution in [-0.4, -0.2) is 70.8 Å². The van der Waals surface area contributed by atoms with Gasteiger partial charge in [0.2, 0.25) is 10.0 Å². The summed E-state index contributed by atoms with van der Waals surface area (Å²) in [5.41, 5.74) is 2.16. The van der Waals surface area contributed by atoms with Crippen molar-refractivity contribution in [2.75, 3.05) is 51.9 Å². The van der Waals surface area contributed by atoms with Crippen molar-refractivity contribution in [3.05, 3.63) is 42.0 Å². The number of nitrogens with zero attached hydrogens (tertiary/aromatic N) is 2. The molecular formula is C23H31N3O7S. The van der Waals surface area contributed by atoms with E-state index < -0.39 is 15.9 Å². The van der Waals surface area contributed by atoms with E-state index >= 15 is 0 Å². The molecule has 1 aliphatic heterocycles. The molecule has 0 unspecified atom stereocenters. The number of anilines is 1. The minimum Gasteiger partial charge on any atom is -0.494 e. The maximum absolute atomic E-state index is 13.4. The molecule has 2 aromatic rings. The largest absolute Gasteiger partial charge is 0.494 e. The van der Waals surface area contributed by atoms with Gasteiger partial charge in [0.05, 0.1) is 25.7 Å². The standard InChI is InChI=1S/C23H31N3O7S/c1-4-5-16-33-18-8-6-17(7-9-18)25-12-14-26(15-13-25)34(29,30)20-11-10-19(31-2)22(32-3)21(20)23(27)24-28/h6-11,28H,4-5,12-16H2,1-3H3,(H,24,27). The van der Waals surface area contributed by atoms with Crippen LogP contribution in [0, 0.1) is 0 Å². The monoisotopic (exact) mass is 493 g/mol. The third-order valence-corrected chi connectivity index (χ3v) is 7.60. The number of rotatable bonds is 10. The Labute approximate surface area is 200 Å². The van der Waals surface area contributed by atoms with E-state index in [0.29, 0.717) is 19.7 Å². The minimum absolute atomic E-state index is 0.0741. The highest BCUT2D eigenvalue weighted by molar-refractivity contribution is 7.89. The molecule has 0 aliphatic carbocycles. The summed E-state index contributed by atoms with van der Waals surface area (Å²) < 4.78 is 44.3. The maximum atomic E-state index is 13.4. The Kier molecular flexibility index (Phi) is 8.59. The average molecular weight is 494 g/mol. The van der Waals surface area contributed by atoms with Gasteiger partial charge in [0.25, 0.3) is 5.91 Å². The van der Waals surface area contributed by atoms with E-state index in [-0.39, 0.29) is 35.0 Å². The maximum Gasteiger partial charge on any atom is 0.279 e. The number of methoxy groups -OCH3 is 2. The number of piperazine rings is 1. The number of nitrogens with one attached hydrogen (secondary N) is 1. The summed E-state index contributed by atoms with van der Waals surface area (Å²) in [6.45, 7) is 4.20. The van der Waals surface area contributed by atoms with Gasteiger partial charge in [-0.3, -0.25) is 10.0 Å². The van der Waals surface area contributed by atoms with E-state index in [1.165, 1.54) is 36.1 Å². The van der Waals surface area contributed by atoms with Gasteiger partial charge in [-0.15, -0.1) is 0 Å². The second-order valence-corrected chi connectivity index (χ2v) is 9.61. The van der Waals surface area contributed by atoms with Gasteiger partial charge in [0.15, 0.2) is 11.5 Å². The predicted molar refractivity (Wildman–Crippen MR) is 127 cm³/mol. The first-order valence-corrected chi connectivity index (χ1v) is 12.5. The number of unbranched alkanes of at least 4 members (excludes halogenated alkanes) is 1. The number of carbonyl (C=O) groups is 1. The number of amides is 1. The zero-order valence-electron chi connectivity index (χ0n) is 19.6. The highest BCUT2D eigenvalue weighted by Gasteiger charge is 2.34. The Hall–Kier alpha value is -3.02. The highest BCUT2D eigenvalue weighted by atomic mass is 32.2. The van der Waals surface area contributed by atoms with Gasteiger partial charge < -0.3 is 19.1 Å². The Bertz CT molecular complexity index is 1080. The quantitative estimate of drug-likeness (QED) is 0.295. The van der Waals surface area contributed by atoms with E-state index in [0.717, 1.165) is 24.3 Å². The molecule has 0 radical (unpaired) electrons. The summed E-state index contributed by atoms with van der Waals surface area (Å²) in [6.07, 6.45) is 2.07. The molecule has 2 aromatic carbocycles. The minimum atomic E-state index is -4.05. The lowest BCUT2D eigenvalue weighted by atomic mass is 10.1. The van der Waals surface area contributed by atoms with Crippen LogP contribution in [0.4, 0.5) is 5.69 Å². The van der Waals surface area contributed by atoms with Crippen molar-refractivity contribution < 1.29 is 32.6 Å². The Morgan fingerprint density at radius 3 is 2.26 bits per heavy atom. The van der Waals surface area contributed by atoms with Gasteiger partial charge in [-0.1, -0.05) is 13.3 Å². The summed E-state index contributed by atoms with van der Waals surface area (Å²) in [6, 6.07) is 10.5. The van der Waals surface area contributed by atoms with E-state index in [9.17, 15) is 18.4 Å². The van der Waals surface area contributed by atoms with Gasteiger partial charge in [-0.25, -0.2) is 13.9 Å². The van der Waals surface area contributed by atoms with E-state index in [4.69, 9.17) is 14.2 Å². The topological polar surface area (TPSA) is 118 Å². The number of ether oxygens (including phenoxy) is 3. The number of hydrogen-bond donors (Lipinski definition) is 2. The van der Waals surface area contributed by atoms with Crippen molar-refractivity contribution in [3.63, 3.8) is 0 Å². The second kappa shape index (κ2) is 11.4. The van der Waals surface area contributed by atoms with Crippen LogP contribution in [0.25, 0.3) is 0 Å². The number of sulfonamides is 1. The smallest absolute Gasteiger partial charge is 0.279 e. The first kappa shape index (κ1) is 25.6. The molecular weight excluding hydrogens is 462 g/mol. The summed E-state index contributed by atoms with van der Waals surface area (Å²) >= 11 is 0. The van der Waals surface area contributed by atoms with Gasteiger partial charge in [-0.2, -0.15) is 4.31 Å². The normalized spacial score (nSPS) is 14.5. The summed E-state index contributed by atoms with van der Waals surface area (Å²) in [5.74, 6) is -0.0993. The zero-order valence-corrected chi connectivity index (χ0v) is 20.4. The van der Waals surface area contributed by atoms with Crippen molar-refractivity contribution in [2.45, 2.75) is 24.7 Å². The molecule has 0 saturated carbocycles. The molecule has 186 valence electrons. The molecule has 1 heterocycles. The van der Waals surface area contributed by atoms with E-state index in [2.05, 4.69) is 11.8 Å². The molecule has 0 bridgehead atoms. The van der Waals surface area contributed by atoms with Crippen LogP contribution in [0.2, 0.25) is 0 Å². The zero-order chi connectivity index (χ0) is 24.7. The molecule has 3 rings (SSSR count). The fraction of sp³-hybridized carbons (Fsp3) is 0.435. The fourth-order valence-corrected chi connectivity index (χ4v) is 5.41. The SMILES string of the molecule is CCCCOc1ccc(N2CCN(S(=O)(=O)c3ccc(OC)c(OC)c3C(=O)NO)CC2)cc1. The lowest BCUT2D eigenvalue weighted by Crippen LogP contribution is -2.49. The summed E-state index contributed by atoms with van der Waals surface area (Å²) in [5, 5.41) is 9.19. The molecule has 11 heteroatoms. The van der Waals surface area contributed by atoms with Crippen LogP contribution in [0.5, 0.6) is 17.2 Å². The molecule has 0 aromatic heterocycles. The number of benzene rings is 2. The Morgan fingerprint density at radius 2 is 1.71 bits per heavy atom. The number of hydroxylamine groups is 1. The number of hydrogen-bond acceptors (Lipinski definition) is 8. The molecule has 1 saturated heterocycles. The molecule has 2 N–H and O–H groups in total. The van der Waals surface area contributed by atoms with E-state index in [1.54, 1.807) is 0 Å². The number of carbonyl (C=O) groups excluding carboxylic acids is 1. The van der Waals surface area contributed by atoms with Crippen molar-refractivity contribution in [1.82, 2.24) is 9.79 Å². The Morgan fingerprint density at radius 1 is 1.03 bits per heavy atom. The molecule has 1 aliphatic rings. The van der Waals surface area contributed by atoms with Crippen molar-refractivity contribution in [1.29, 1.82) is 0 Å². The summed E-state index contributed by atoms with van der Waals surface area (Å²) in [4.78, 5) is 14.2. The van der Waals surface area contributed by atoms with Crippen molar-refractivity contribution in [2.24, 2.45) is 0 Å². The van der Waals surface area contributed by atoms with Gasteiger partial charge in [-0.05, 0) is 42.8 Å². The van der Waals surface area contributed by atoms with E-state index in [1.807, 2.05) is 24.3 Å². The first-order valence-electron chi connectivity index (χ1n) is 11.0. The molecule has 0 atom stereocenters. The summed E-state index contributed by atoms with van der Waals surface area (Å²) in [7, 11) is -1.39. The lowest BCUT2D eigenvalue weighted by Gasteiger charge is -2.35. The molecule has 1 fully saturated rings. The van der Waals surface area contributed by atoms with Gasteiger partial charge in [0.1, 0.15) is 11.3 Å². The first-order chi connectivity index (χ1) is 16.4. The third kappa shape index (κ3) is 5.37. The van der Waals surface area contributed by atoms with Crippen molar-refractivity contribution >= 4 is 21.6 Å². The van der Waals surface area contributed by atoms with Crippen molar-refractivity contribution in [3.8, 4) is 17.2 Å². The lowest BCUT2D eigenvalue weighted by molar-refractivity contribution is 0.0698. The highest BCUT2D eigenvalue weighted by Crippen LogP contribution is 2.37. The average Bonchev–Trinajstić information content (AvgIpc) is 2.87. The molecule has 1 amide bonds. The van der Waals surface area contributed by atoms with Crippen LogP contribution < -0.4 is 24.6 Å². The second-order valence-electron chi connectivity index (χ2n) is 7.70. The molecule has 34 heavy (non-hydrogen) atoms. The third-order valence-electron chi connectivity index (χ3n) is 5.66. The van der Waals surface area contributed by atoms with Crippen LogP contribution >= 0.6 is 0 Å². The van der Waals surface area contributed by atoms with Gasteiger partial charge in [0, 0.05) is 31.9 Å². The van der Waals surface area contributed by atoms with Crippen LogP contribution in [0.15, 0.2) is 41.3 Å². The predicted octanol–water partition coefficient (Wildman–Crippen LogP) is 2.51. The van der Waals surface area contributed by atoms with Crippen LogP contribution in [0.1, 0.15) is 30.1 Å².